The monoisotopic (exact) mass is 262 g/mol. The van der Waals surface area contributed by atoms with Gasteiger partial charge in [0.25, 0.3) is 0 Å². The number of aliphatic hydroxyl groups excluding tert-OH is 1. The summed E-state index contributed by atoms with van der Waals surface area (Å²) in [5.41, 5.74) is 3.02. The van der Waals surface area contributed by atoms with Gasteiger partial charge in [-0.3, -0.25) is 9.36 Å². The predicted molar refractivity (Wildman–Crippen MR) is 73.8 cm³/mol. The van der Waals surface area contributed by atoms with Crippen LogP contribution in [-0.4, -0.2) is 24.7 Å². The van der Waals surface area contributed by atoms with Gasteiger partial charge in [-0.25, -0.2) is 0 Å². The predicted octanol–water partition coefficient (Wildman–Crippen LogP) is 1.96. The number of rotatable bonds is 6. The molecule has 2 aromatic rings. The molecule has 0 aliphatic carbocycles. The smallest absolute Gasteiger partial charge is 0.101 e. The maximum absolute atomic E-state index is 10.4. The molecule has 0 radical (unpaired) electrons. The zero-order valence-electron chi connectivity index (χ0n) is 11.9. The Kier molecular flexibility index (Phi) is 4.37. The zero-order valence-corrected chi connectivity index (χ0v) is 11.9. The van der Waals surface area contributed by atoms with Gasteiger partial charge in [0.1, 0.15) is 6.10 Å². The number of hydrogen-bond donors (Lipinski definition) is 1. The summed E-state index contributed by atoms with van der Waals surface area (Å²) in [5, 5.41) is 19.1. The Morgan fingerprint density at radius 1 is 1.21 bits per heavy atom. The first kappa shape index (κ1) is 13.8. The fourth-order valence-corrected chi connectivity index (χ4v) is 2.32. The molecule has 0 saturated carbocycles. The minimum absolute atomic E-state index is 0.533. The molecule has 1 N–H and O–H groups in total. The van der Waals surface area contributed by atoms with Crippen LogP contribution in [0.1, 0.15) is 44.0 Å². The lowest BCUT2D eigenvalue weighted by Gasteiger charge is -2.13. The summed E-state index contributed by atoms with van der Waals surface area (Å²) >= 11 is 0. The third-order valence-electron chi connectivity index (χ3n) is 3.37. The van der Waals surface area contributed by atoms with Gasteiger partial charge < -0.3 is 5.11 Å². The molecular formula is C14H22N4O. The number of aromatic nitrogens is 4. The Morgan fingerprint density at radius 3 is 2.58 bits per heavy atom. The van der Waals surface area contributed by atoms with E-state index in [1.165, 1.54) is 0 Å². The Labute approximate surface area is 113 Å². The summed E-state index contributed by atoms with van der Waals surface area (Å²) in [6, 6.07) is 3.96. The van der Waals surface area contributed by atoms with Gasteiger partial charge >= 0.3 is 0 Å². The summed E-state index contributed by atoms with van der Waals surface area (Å²) in [4.78, 5) is 0. The fraction of sp³-hybridized carbons (Fsp3) is 0.571. The van der Waals surface area contributed by atoms with Crippen molar-refractivity contribution in [3.8, 4) is 0 Å². The number of hydrogen-bond acceptors (Lipinski definition) is 3. The summed E-state index contributed by atoms with van der Waals surface area (Å²) in [5.74, 6) is 0. The third-order valence-corrected chi connectivity index (χ3v) is 3.37. The van der Waals surface area contributed by atoms with Gasteiger partial charge in [0.15, 0.2) is 0 Å². The lowest BCUT2D eigenvalue weighted by molar-refractivity contribution is 0.164. The van der Waals surface area contributed by atoms with Crippen molar-refractivity contribution in [2.45, 2.75) is 52.8 Å². The molecule has 0 aliphatic heterocycles. The van der Waals surface area contributed by atoms with E-state index < -0.39 is 6.10 Å². The summed E-state index contributed by atoms with van der Waals surface area (Å²) < 4.78 is 3.80. The van der Waals surface area contributed by atoms with E-state index >= 15 is 0 Å². The van der Waals surface area contributed by atoms with Gasteiger partial charge in [0.05, 0.1) is 11.4 Å². The Balaban J connectivity index is 2.18. The van der Waals surface area contributed by atoms with Crippen LogP contribution in [0.5, 0.6) is 0 Å². The van der Waals surface area contributed by atoms with Crippen LogP contribution in [-0.2, 0) is 25.9 Å². The van der Waals surface area contributed by atoms with E-state index in [0.717, 1.165) is 36.6 Å². The van der Waals surface area contributed by atoms with Crippen molar-refractivity contribution < 1.29 is 5.11 Å². The minimum Gasteiger partial charge on any atom is -0.386 e. The molecule has 0 aliphatic rings. The van der Waals surface area contributed by atoms with Gasteiger partial charge in [-0.05, 0) is 32.4 Å². The molecule has 0 bridgehead atoms. The maximum atomic E-state index is 10.4. The van der Waals surface area contributed by atoms with Crippen LogP contribution in [0.15, 0.2) is 18.3 Å². The van der Waals surface area contributed by atoms with E-state index in [-0.39, 0.29) is 0 Å². The van der Waals surface area contributed by atoms with Crippen molar-refractivity contribution in [3.05, 3.63) is 35.4 Å². The lowest BCUT2D eigenvalue weighted by atomic mass is 10.1. The highest BCUT2D eigenvalue weighted by atomic mass is 16.3. The second kappa shape index (κ2) is 6.02. The van der Waals surface area contributed by atoms with Crippen LogP contribution >= 0.6 is 0 Å². The van der Waals surface area contributed by atoms with E-state index in [1.54, 1.807) is 6.20 Å². The molecule has 2 heterocycles. The van der Waals surface area contributed by atoms with Crippen LogP contribution in [0.4, 0.5) is 0 Å². The van der Waals surface area contributed by atoms with E-state index in [9.17, 15) is 5.11 Å². The van der Waals surface area contributed by atoms with Gasteiger partial charge in [-0.1, -0.05) is 6.92 Å². The second-order valence-corrected chi connectivity index (χ2v) is 4.59. The highest BCUT2D eigenvalue weighted by Crippen LogP contribution is 2.19. The first-order valence-corrected chi connectivity index (χ1v) is 6.94. The summed E-state index contributed by atoms with van der Waals surface area (Å²) in [6.45, 7) is 7.78. The SMILES string of the molecule is CCc1cc(CC(O)c2ccnn2CC)n(CC)n1. The largest absolute Gasteiger partial charge is 0.386 e. The van der Waals surface area contributed by atoms with Crippen molar-refractivity contribution in [1.82, 2.24) is 19.6 Å². The average molecular weight is 262 g/mol. The first-order chi connectivity index (χ1) is 9.19. The van der Waals surface area contributed by atoms with Crippen molar-refractivity contribution in [3.63, 3.8) is 0 Å². The second-order valence-electron chi connectivity index (χ2n) is 4.59. The van der Waals surface area contributed by atoms with Gasteiger partial charge in [0, 0.05) is 31.4 Å². The van der Waals surface area contributed by atoms with Crippen LogP contribution in [0.25, 0.3) is 0 Å². The molecule has 19 heavy (non-hydrogen) atoms. The van der Waals surface area contributed by atoms with Gasteiger partial charge in [-0.2, -0.15) is 10.2 Å². The number of aryl methyl sites for hydroxylation is 3. The van der Waals surface area contributed by atoms with E-state index in [0.29, 0.717) is 6.42 Å². The van der Waals surface area contributed by atoms with E-state index in [4.69, 9.17) is 0 Å². The number of aliphatic hydroxyl groups is 1. The molecule has 1 atom stereocenters. The third kappa shape index (κ3) is 2.87. The van der Waals surface area contributed by atoms with Crippen molar-refractivity contribution in [2.24, 2.45) is 0 Å². The topological polar surface area (TPSA) is 55.9 Å². The average Bonchev–Trinajstić information content (AvgIpc) is 3.04. The minimum atomic E-state index is -0.533. The molecule has 5 heteroatoms. The van der Waals surface area contributed by atoms with Gasteiger partial charge in [0.2, 0.25) is 0 Å². The highest BCUT2D eigenvalue weighted by Gasteiger charge is 2.16. The first-order valence-electron chi connectivity index (χ1n) is 6.94. The standard InChI is InChI=1S/C14H22N4O/c1-4-11-9-12(17(5-2)16-11)10-14(19)13-7-8-15-18(13)6-3/h7-9,14,19H,4-6,10H2,1-3H3. The lowest BCUT2D eigenvalue weighted by Crippen LogP contribution is -2.12. The van der Waals surface area contributed by atoms with E-state index in [1.807, 2.05) is 22.4 Å². The van der Waals surface area contributed by atoms with E-state index in [2.05, 4.69) is 30.1 Å². The van der Waals surface area contributed by atoms with Crippen LogP contribution < -0.4 is 0 Å². The normalized spacial score (nSPS) is 12.8. The molecule has 0 saturated heterocycles. The van der Waals surface area contributed by atoms with Crippen molar-refractivity contribution >= 4 is 0 Å². The molecule has 0 aromatic carbocycles. The fourth-order valence-electron chi connectivity index (χ4n) is 2.32. The molecule has 2 rings (SSSR count). The quantitative estimate of drug-likeness (QED) is 0.865. The Morgan fingerprint density at radius 2 is 1.95 bits per heavy atom. The molecule has 0 fully saturated rings. The molecule has 2 aromatic heterocycles. The van der Waals surface area contributed by atoms with Crippen molar-refractivity contribution in [2.75, 3.05) is 0 Å². The van der Waals surface area contributed by atoms with Crippen LogP contribution in [0, 0.1) is 0 Å². The molecule has 0 spiro atoms. The van der Waals surface area contributed by atoms with Crippen LogP contribution in [0.2, 0.25) is 0 Å². The summed E-state index contributed by atoms with van der Waals surface area (Å²) in [7, 11) is 0. The molecule has 0 amide bonds. The molecule has 1 unspecified atom stereocenters. The van der Waals surface area contributed by atoms with Crippen LogP contribution in [0.3, 0.4) is 0 Å². The molecular weight excluding hydrogens is 240 g/mol. The van der Waals surface area contributed by atoms with Gasteiger partial charge in [-0.15, -0.1) is 0 Å². The number of nitrogens with zero attached hydrogens (tertiary/aromatic N) is 4. The summed E-state index contributed by atoms with van der Waals surface area (Å²) in [6.07, 6.45) is 2.70. The van der Waals surface area contributed by atoms with Crippen molar-refractivity contribution in [1.29, 1.82) is 0 Å². The Hall–Kier alpha value is -1.62. The maximum Gasteiger partial charge on any atom is 0.101 e. The molecule has 104 valence electrons. The molecule has 5 nitrogen and oxygen atoms in total. The Bertz CT molecular complexity index is 529. The highest BCUT2D eigenvalue weighted by molar-refractivity contribution is 5.15. The zero-order chi connectivity index (χ0) is 13.8.